The van der Waals surface area contributed by atoms with Gasteiger partial charge in [-0.15, -0.1) is 0 Å². The van der Waals surface area contributed by atoms with Gasteiger partial charge in [0.05, 0.1) is 0 Å². The molecule has 0 aromatic heterocycles. The zero-order valence-electron chi connectivity index (χ0n) is 11.9. The average Bonchev–Trinajstić information content (AvgIpc) is 2.81. The Hall–Kier alpha value is -1.02. The molecule has 104 valence electrons. The first-order chi connectivity index (χ1) is 9.28. The topological polar surface area (TPSA) is 35.2 Å². The van der Waals surface area contributed by atoms with Crippen LogP contribution in [0.5, 0.6) is 5.75 Å². The SMILES string of the molecule is CCC1CCCCC1Oc1ccc2c(c1)CC[C@@H]2N. The van der Waals surface area contributed by atoms with Crippen LogP contribution in [-0.2, 0) is 6.42 Å². The van der Waals surface area contributed by atoms with Gasteiger partial charge in [-0.05, 0) is 67.7 Å². The van der Waals surface area contributed by atoms with Crippen LogP contribution < -0.4 is 10.5 Å². The fourth-order valence-corrected chi connectivity index (χ4v) is 3.67. The van der Waals surface area contributed by atoms with Gasteiger partial charge < -0.3 is 10.5 Å². The lowest BCUT2D eigenvalue weighted by atomic mass is 9.85. The van der Waals surface area contributed by atoms with Crippen molar-refractivity contribution in [1.82, 2.24) is 0 Å². The summed E-state index contributed by atoms with van der Waals surface area (Å²) in [6, 6.07) is 6.75. The van der Waals surface area contributed by atoms with E-state index in [1.807, 2.05) is 0 Å². The molecular weight excluding hydrogens is 234 g/mol. The Kier molecular flexibility index (Phi) is 3.79. The number of rotatable bonds is 3. The molecule has 0 saturated heterocycles. The lowest BCUT2D eigenvalue weighted by Crippen LogP contribution is -2.29. The van der Waals surface area contributed by atoms with Crippen molar-refractivity contribution in [2.75, 3.05) is 0 Å². The van der Waals surface area contributed by atoms with Crippen molar-refractivity contribution in [3.8, 4) is 5.75 Å². The number of fused-ring (bicyclic) bond motifs is 1. The Morgan fingerprint density at radius 2 is 2.05 bits per heavy atom. The van der Waals surface area contributed by atoms with Crippen molar-refractivity contribution in [3.05, 3.63) is 29.3 Å². The summed E-state index contributed by atoms with van der Waals surface area (Å²) >= 11 is 0. The molecule has 3 rings (SSSR count). The van der Waals surface area contributed by atoms with Gasteiger partial charge in [0, 0.05) is 6.04 Å². The van der Waals surface area contributed by atoms with E-state index in [0.717, 1.165) is 24.5 Å². The smallest absolute Gasteiger partial charge is 0.120 e. The van der Waals surface area contributed by atoms with E-state index in [0.29, 0.717) is 6.10 Å². The average molecular weight is 259 g/mol. The maximum Gasteiger partial charge on any atom is 0.120 e. The summed E-state index contributed by atoms with van der Waals surface area (Å²) in [5, 5.41) is 0. The number of ether oxygens (including phenoxy) is 1. The highest BCUT2D eigenvalue weighted by molar-refractivity contribution is 5.40. The third-order valence-electron chi connectivity index (χ3n) is 4.89. The van der Waals surface area contributed by atoms with Crippen LogP contribution in [0.4, 0.5) is 0 Å². The molecule has 2 nitrogen and oxygen atoms in total. The molecule has 3 atom stereocenters. The molecule has 0 amide bonds. The largest absolute Gasteiger partial charge is 0.490 e. The Morgan fingerprint density at radius 3 is 2.89 bits per heavy atom. The predicted octanol–water partition coefficient (Wildman–Crippen LogP) is 3.98. The quantitative estimate of drug-likeness (QED) is 0.891. The molecule has 2 unspecified atom stereocenters. The Labute approximate surface area is 116 Å². The summed E-state index contributed by atoms with van der Waals surface area (Å²) < 4.78 is 6.28. The Bertz CT molecular complexity index is 443. The second-order valence-corrected chi connectivity index (χ2v) is 6.11. The minimum absolute atomic E-state index is 0.238. The van der Waals surface area contributed by atoms with Crippen LogP contribution in [0.1, 0.15) is 62.6 Å². The van der Waals surface area contributed by atoms with Crippen LogP contribution in [0, 0.1) is 5.92 Å². The molecule has 0 radical (unpaired) electrons. The van der Waals surface area contributed by atoms with Gasteiger partial charge in [0.1, 0.15) is 11.9 Å². The first kappa shape index (κ1) is 13.0. The molecule has 1 fully saturated rings. The van der Waals surface area contributed by atoms with Gasteiger partial charge in [0.25, 0.3) is 0 Å². The summed E-state index contributed by atoms with van der Waals surface area (Å²) in [7, 11) is 0. The summed E-state index contributed by atoms with van der Waals surface area (Å²) in [5.74, 6) is 1.79. The number of benzene rings is 1. The number of hydrogen-bond donors (Lipinski definition) is 1. The second-order valence-electron chi connectivity index (χ2n) is 6.11. The predicted molar refractivity (Wildman–Crippen MR) is 78.4 cm³/mol. The van der Waals surface area contributed by atoms with Crippen molar-refractivity contribution < 1.29 is 4.74 Å². The van der Waals surface area contributed by atoms with Crippen molar-refractivity contribution in [2.45, 2.75) is 64.0 Å². The van der Waals surface area contributed by atoms with E-state index in [9.17, 15) is 0 Å². The van der Waals surface area contributed by atoms with Crippen LogP contribution in [0.2, 0.25) is 0 Å². The monoisotopic (exact) mass is 259 g/mol. The van der Waals surface area contributed by atoms with Crippen molar-refractivity contribution in [2.24, 2.45) is 11.7 Å². The van der Waals surface area contributed by atoms with E-state index in [1.165, 1.54) is 43.2 Å². The van der Waals surface area contributed by atoms with Crippen LogP contribution in [-0.4, -0.2) is 6.10 Å². The van der Waals surface area contributed by atoms with Crippen molar-refractivity contribution in [3.63, 3.8) is 0 Å². The highest BCUT2D eigenvalue weighted by Crippen LogP contribution is 2.34. The zero-order valence-corrected chi connectivity index (χ0v) is 11.9. The standard InChI is InChI=1S/C17H25NO/c1-2-12-5-3-4-6-17(12)19-14-8-9-15-13(11-14)7-10-16(15)18/h8-9,11-12,16-17H,2-7,10,18H2,1H3/t12?,16-,17?/m0/s1. The molecule has 0 aliphatic heterocycles. The van der Waals surface area contributed by atoms with Crippen LogP contribution >= 0.6 is 0 Å². The molecule has 0 heterocycles. The van der Waals surface area contributed by atoms with Gasteiger partial charge in [-0.3, -0.25) is 0 Å². The van der Waals surface area contributed by atoms with E-state index in [1.54, 1.807) is 0 Å². The van der Waals surface area contributed by atoms with Crippen molar-refractivity contribution >= 4 is 0 Å². The van der Waals surface area contributed by atoms with Gasteiger partial charge in [0.2, 0.25) is 0 Å². The van der Waals surface area contributed by atoms with E-state index < -0.39 is 0 Å². The normalized spacial score (nSPS) is 30.1. The molecule has 0 bridgehead atoms. The number of aryl methyl sites for hydroxylation is 1. The van der Waals surface area contributed by atoms with Gasteiger partial charge >= 0.3 is 0 Å². The van der Waals surface area contributed by atoms with E-state index in [-0.39, 0.29) is 6.04 Å². The lowest BCUT2D eigenvalue weighted by molar-refractivity contribution is 0.0903. The first-order valence-electron chi connectivity index (χ1n) is 7.83. The highest BCUT2D eigenvalue weighted by atomic mass is 16.5. The van der Waals surface area contributed by atoms with Crippen LogP contribution in [0.15, 0.2) is 18.2 Å². The molecule has 1 aromatic carbocycles. The van der Waals surface area contributed by atoms with Crippen molar-refractivity contribution in [1.29, 1.82) is 0 Å². The van der Waals surface area contributed by atoms with Crippen LogP contribution in [0.3, 0.4) is 0 Å². The van der Waals surface area contributed by atoms with E-state index in [2.05, 4.69) is 25.1 Å². The van der Waals surface area contributed by atoms with E-state index in [4.69, 9.17) is 10.5 Å². The summed E-state index contributed by atoms with van der Waals surface area (Å²) in [6.45, 7) is 2.29. The van der Waals surface area contributed by atoms with Crippen LogP contribution in [0.25, 0.3) is 0 Å². The Balaban J connectivity index is 1.73. The third-order valence-corrected chi connectivity index (χ3v) is 4.89. The molecule has 2 aliphatic rings. The van der Waals surface area contributed by atoms with Gasteiger partial charge in [-0.2, -0.15) is 0 Å². The van der Waals surface area contributed by atoms with Gasteiger partial charge in [-0.1, -0.05) is 19.4 Å². The summed E-state index contributed by atoms with van der Waals surface area (Å²) in [6.07, 6.45) is 9.09. The number of nitrogens with two attached hydrogens (primary N) is 1. The molecule has 19 heavy (non-hydrogen) atoms. The molecule has 1 aromatic rings. The molecule has 2 heteroatoms. The lowest BCUT2D eigenvalue weighted by Gasteiger charge is -2.31. The van der Waals surface area contributed by atoms with Gasteiger partial charge in [0.15, 0.2) is 0 Å². The maximum absolute atomic E-state index is 6.28. The first-order valence-corrected chi connectivity index (χ1v) is 7.83. The zero-order chi connectivity index (χ0) is 13.2. The highest BCUT2D eigenvalue weighted by Gasteiger charge is 2.26. The summed E-state index contributed by atoms with van der Waals surface area (Å²) in [5.41, 5.74) is 8.80. The molecule has 2 N–H and O–H groups in total. The second kappa shape index (κ2) is 5.54. The molecule has 0 spiro atoms. The fourth-order valence-electron chi connectivity index (χ4n) is 3.67. The van der Waals surface area contributed by atoms with Gasteiger partial charge in [-0.25, -0.2) is 0 Å². The molecule has 1 saturated carbocycles. The number of hydrogen-bond acceptors (Lipinski definition) is 2. The minimum atomic E-state index is 0.238. The minimum Gasteiger partial charge on any atom is -0.490 e. The Morgan fingerprint density at radius 1 is 1.21 bits per heavy atom. The fraction of sp³-hybridized carbons (Fsp3) is 0.647. The molecule has 2 aliphatic carbocycles. The third kappa shape index (κ3) is 2.64. The molecular formula is C17H25NO. The summed E-state index contributed by atoms with van der Waals surface area (Å²) in [4.78, 5) is 0. The van der Waals surface area contributed by atoms with E-state index >= 15 is 0 Å². The maximum atomic E-state index is 6.28.